The van der Waals surface area contributed by atoms with E-state index in [2.05, 4.69) is 10.3 Å². The van der Waals surface area contributed by atoms with E-state index in [-0.39, 0.29) is 12.5 Å². The second-order valence-corrected chi connectivity index (χ2v) is 6.36. The number of carbonyl (C=O) groups excluding carboxylic acids is 2. The van der Waals surface area contributed by atoms with E-state index in [0.717, 1.165) is 5.39 Å². The highest BCUT2D eigenvalue weighted by atomic mass is 35.5. The first-order chi connectivity index (χ1) is 11.8. The number of hydrogen-bond acceptors (Lipinski definition) is 3. The molecule has 2 amide bonds. The van der Waals surface area contributed by atoms with Crippen LogP contribution in [-0.4, -0.2) is 16.8 Å². The number of primary amides is 1. The molecule has 6 N–H and O–H groups in total. The van der Waals surface area contributed by atoms with Gasteiger partial charge in [-0.25, -0.2) is 0 Å². The molecule has 0 fully saturated rings. The van der Waals surface area contributed by atoms with Gasteiger partial charge in [-0.2, -0.15) is 0 Å². The number of carbonyl (C=O) groups is 2. The normalized spacial score (nSPS) is 10.8. The number of anilines is 1. The Morgan fingerprint density at radius 1 is 1.04 bits per heavy atom. The SMILES string of the molecule is NC(=O)c1cc(N)cc(CNC(=O)c2cc3cc(Cl)c(Cl)cc3[nH]2)c1. The first-order valence-electron chi connectivity index (χ1n) is 7.28. The van der Waals surface area contributed by atoms with E-state index in [9.17, 15) is 9.59 Å². The van der Waals surface area contributed by atoms with Crippen molar-refractivity contribution in [2.75, 3.05) is 5.73 Å². The number of H-pyrrole nitrogens is 1. The quantitative estimate of drug-likeness (QED) is 0.524. The van der Waals surface area contributed by atoms with Gasteiger partial charge in [0.1, 0.15) is 5.69 Å². The van der Waals surface area contributed by atoms with Crippen LogP contribution >= 0.6 is 23.2 Å². The van der Waals surface area contributed by atoms with E-state index in [1.807, 2.05) is 0 Å². The van der Waals surface area contributed by atoms with Crippen LogP contribution in [0.5, 0.6) is 0 Å². The van der Waals surface area contributed by atoms with Crippen molar-refractivity contribution in [2.24, 2.45) is 5.73 Å². The molecule has 1 heterocycles. The Hall–Kier alpha value is -2.70. The number of nitrogens with two attached hydrogens (primary N) is 2. The van der Waals surface area contributed by atoms with Gasteiger partial charge < -0.3 is 21.8 Å². The molecule has 8 heteroatoms. The lowest BCUT2D eigenvalue weighted by Gasteiger charge is -2.07. The molecule has 25 heavy (non-hydrogen) atoms. The second kappa shape index (κ2) is 6.66. The first kappa shape index (κ1) is 17.1. The number of aromatic nitrogens is 1. The third kappa shape index (κ3) is 3.70. The molecule has 3 rings (SSSR count). The molecule has 0 spiro atoms. The van der Waals surface area contributed by atoms with E-state index in [4.69, 9.17) is 34.7 Å². The van der Waals surface area contributed by atoms with Crippen LogP contribution in [0.15, 0.2) is 36.4 Å². The van der Waals surface area contributed by atoms with Crippen LogP contribution < -0.4 is 16.8 Å². The first-order valence-corrected chi connectivity index (χ1v) is 8.04. The average molecular weight is 377 g/mol. The van der Waals surface area contributed by atoms with Gasteiger partial charge in [0.15, 0.2) is 0 Å². The maximum atomic E-state index is 12.3. The Kier molecular flexibility index (Phi) is 4.57. The number of nitrogens with one attached hydrogen (secondary N) is 2. The van der Waals surface area contributed by atoms with E-state index >= 15 is 0 Å². The number of fused-ring (bicyclic) bond motifs is 1. The largest absolute Gasteiger partial charge is 0.399 e. The van der Waals surface area contributed by atoms with Crippen molar-refractivity contribution < 1.29 is 9.59 Å². The highest BCUT2D eigenvalue weighted by Gasteiger charge is 2.12. The van der Waals surface area contributed by atoms with E-state index in [1.165, 1.54) is 6.07 Å². The molecule has 6 nitrogen and oxygen atoms in total. The molecule has 0 aliphatic carbocycles. The zero-order valence-corrected chi connectivity index (χ0v) is 14.4. The molecular weight excluding hydrogens is 363 g/mol. The lowest BCUT2D eigenvalue weighted by atomic mass is 10.1. The number of rotatable bonds is 4. The van der Waals surface area contributed by atoms with Crippen molar-refractivity contribution in [2.45, 2.75) is 6.54 Å². The van der Waals surface area contributed by atoms with Gasteiger partial charge >= 0.3 is 0 Å². The minimum absolute atomic E-state index is 0.195. The van der Waals surface area contributed by atoms with Crippen LogP contribution in [-0.2, 0) is 6.54 Å². The van der Waals surface area contributed by atoms with Gasteiger partial charge in [0.05, 0.1) is 10.0 Å². The number of nitrogen functional groups attached to an aromatic ring is 1. The number of benzene rings is 2. The molecule has 0 bridgehead atoms. The number of halogens is 2. The summed E-state index contributed by atoms with van der Waals surface area (Å²) < 4.78 is 0. The van der Waals surface area contributed by atoms with Crippen molar-refractivity contribution >= 4 is 51.6 Å². The second-order valence-electron chi connectivity index (χ2n) is 5.55. The Morgan fingerprint density at radius 2 is 1.76 bits per heavy atom. The average Bonchev–Trinajstić information content (AvgIpc) is 2.95. The van der Waals surface area contributed by atoms with E-state index in [0.29, 0.717) is 38.1 Å². The van der Waals surface area contributed by atoms with Crippen LogP contribution in [0.4, 0.5) is 5.69 Å². The van der Waals surface area contributed by atoms with Gasteiger partial charge in [0, 0.05) is 28.7 Å². The van der Waals surface area contributed by atoms with Gasteiger partial charge in [-0.1, -0.05) is 23.2 Å². The molecule has 0 aliphatic heterocycles. The predicted molar refractivity (Wildman–Crippen MR) is 98.9 cm³/mol. The van der Waals surface area contributed by atoms with Crippen molar-refractivity contribution in [1.82, 2.24) is 10.3 Å². The van der Waals surface area contributed by atoms with Crippen LogP contribution in [0.3, 0.4) is 0 Å². The molecule has 0 saturated heterocycles. The maximum absolute atomic E-state index is 12.3. The smallest absolute Gasteiger partial charge is 0.267 e. The third-order valence-corrected chi connectivity index (χ3v) is 4.38. The standard InChI is InChI=1S/C17H14Cl2N4O2/c18-12-4-9-5-15(23-14(9)6-13(12)19)17(25)22-7-8-1-10(16(21)24)3-11(20)2-8/h1-6,23H,7,20H2,(H2,21,24)(H,22,25). The zero-order valence-electron chi connectivity index (χ0n) is 12.9. The fraction of sp³-hybridized carbons (Fsp3) is 0.0588. The molecule has 0 atom stereocenters. The molecule has 0 saturated carbocycles. The molecule has 0 unspecified atom stereocenters. The maximum Gasteiger partial charge on any atom is 0.267 e. The summed E-state index contributed by atoms with van der Waals surface area (Å²) >= 11 is 11.9. The molecular formula is C17H14Cl2N4O2. The van der Waals surface area contributed by atoms with Crippen LogP contribution in [0.25, 0.3) is 10.9 Å². The number of aromatic amines is 1. The summed E-state index contributed by atoms with van der Waals surface area (Å²) in [4.78, 5) is 26.6. The molecule has 0 aliphatic rings. The Labute approximate surface area is 153 Å². The number of amides is 2. The summed E-state index contributed by atoms with van der Waals surface area (Å²) in [5, 5.41) is 4.35. The summed E-state index contributed by atoms with van der Waals surface area (Å²) in [7, 11) is 0. The van der Waals surface area contributed by atoms with E-state index < -0.39 is 5.91 Å². The fourth-order valence-corrected chi connectivity index (χ4v) is 2.82. The van der Waals surface area contributed by atoms with Crippen molar-refractivity contribution in [3.05, 3.63) is 63.3 Å². The summed E-state index contributed by atoms with van der Waals surface area (Å²) in [6.45, 7) is 0.195. The highest BCUT2D eigenvalue weighted by molar-refractivity contribution is 6.42. The van der Waals surface area contributed by atoms with Crippen LogP contribution in [0.1, 0.15) is 26.4 Å². The molecule has 128 valence electrons. The van der Waals surface area contributed by atoms with E-state index in [1.54, 1.807) is 30.3 Å². The van der Waals surface area contributed by atoms with Gasteiger partial charge in [-0.3, -0.25) is 9.59 Å². The Bertz CT molecular complexity index is 959. The lowest BCUT2D eigenvalue weighted by molar-refractivity contribution is 0.0946. The molecule has 3 aromatic rings. The van der Waals surface area contributed by atoms with Crippen molar-refractivity contribution in [3.63, 3.8) is 0 Å². The minimum atomic E-state index is -0.579. The Balaban J connectivity index is 1.78. The van der Waals surface area contributed by atoms with Gasteiger partial charge in [0.25, 0.3) is 5.91 Å². The third-order valence-electron chi connectivity index (χ3n) is 3.66. The Morgan fingerprint density at radius 3 is 2.48 bits per heavy atom. The van der Waals surface area contributed by atoms with Gasteiger partial charge in [-0.15, -0.1) is 0 Å². The summed E-state index contributed by atoms with van der Waals surface area (Å²) in [5.74, 6) is -0.893. The van der Waals surface area contributed by atoms with Crippen LogP contribution in [0.2, 0.25) is 10.0 Å². The zero-order chi connectivity index (χ0) is 18.1. The van der Waals surface area contributed by atoms with Crippen LogP contribution in [0, 0.1) is 0 Å². The highest BCUT2D eigenvalue weighted by Crippen LogP contribution is 2.28. The molecule has 1 aromatic heterocycles. The predicted octanol–water partition coefficient (Wildman–Crippen LogP) is 3.09. The summed E-state index contributed by atoms with van der Waals surface area (Å²) in [6.07, 6.45) is 0. The molecule has 0 radical (unpaired) electrons. The fourth-order valence-electron chi connectivity index (χ4n) is 2.49. The summed E-state index contributed by atoms with van der Waals surface area (Å²) in [6, 6.07) is 9.76. The van der Waals surface area contributed by atoms with Gasteiger partial charge in [-0.05, 0) is 42.0 Å². The topological polar surface area (TPSA) is 114 Å². The minimum Gasteiger partial charge on any atom is -0.399 e. The van der Waals surface area contributed by atoms with Crippen molar-refractivity contribution in [1.29, 1.82) is 0 Å². The lowest BCUT2D eigenvalue weighted by Crippen LogP contribution is -2.23. The molecule has 2 aromatic carbocycles. The monoisotopic (exact) mass is 376 g/mol. The van der Waals surface area contributed by atoms with Gasteiger partial charge in [0.2, 0.25) is 5.91 Å². The number of hydrogen-bond donors (Lipinski definition) is 4. The summed E-state index contributed by atoms with van der Waals surface area (Å²) in [5.41, 5.74) is 13.4. The van der Waals surface area contributed by atoms with Crippen molar-refractivity contribution in [3.8, 4) is 0 Å².